The van der Waals surface area contributed by atoms with E-state index >= 15 is 0 Å². The fourth-order valence-electron chi connectivity index (χ4n) is 4.41. The van der Waals surface area contributed by atoms with Crippen LogP contribution in [0.15, 0.2) is 114 Å². The van der Waals surface area contributed by atoms with Crippen molar-refractivity contribution in [2.75, 3.05) is 10.2 Å². The van der Waals surface area contributed by atoms with E-state index in [1.165, 1.54) is 48.5 Å². The molecule has 0 bridgehead atoms. The molecule has 4 amide bonds. The molecule has 0 aliphatic carbocycles. The molecule has 44 heavy (non-hydrogen) atoms. The van der Waals surface area contributed by atoms with Crippen molar-refractivity contribution in [2.24, 2.45) is 0 Å². The van der Waals surface area contributed by atoms with Crippen LogP contribution in [-0.2, 0) is 14.4 Å². The van der Waals surface area contributed by atoms with E-state index in [0.717, 1.165) is 16.7 Å². The first kappa shape index (κ1) is 29.9. The number of nitro groups is 1. The molecule has 0 spiro atoms. The highest BCUT2D eigenvalue weighted by atomic mass is 32.2. The second kappa shape index (κ2) is 13.1. The fourth-order valence-corrected chi connectivity index (χ4v) is 5.52. The molecule has 1 saturated heterocycles. The Morgan fingerprint density at radius 3 is 2.36 bits per heavy atom. The standard InChI is InChI=1S/C32H23FN4O6S/c33-22-9-4-6-20(16-22)17-27(35-30(39)21-7-2-1-3-8-21)31(40)34-23-10-5-11-26(18-23)44-28-19-29(38)36(32(28)41)24-12-14-25(15-13-24)37(42)43/h1-18,28H,19H2,(H,34,40)(H,35,39)/b27-17+/t28-/m0/s1. The van der Waals surface area contributed by atoms with Crippen molar-refractivity contribution in [3.8, 4) is 0 Å². The smallest absolute Gasteiger partial charge is 0.272 e. The molecule has 0 unspecified atom stereocenters. The lowest BCUT2D eigenvalue weighted by molar-refractivity contribution is -0.384. The Hall–Kier alpha value is -5.62. The van der Waals surface area contributed by atoms with Crippen LogP contribution in [-0.4, -0.2) is 33.8 Å². The van der Waals surface area contributed by atoms with Crippen molar-refractivity contribution in [1.29, 1.82) is 0 Å². The Bertz CT molecular complexity index is 1800. The van der Waals surface area contributed by atoms with E-state index < -0.39 is 39.6 Å². The number of carbonyl (C=O) groups is 4. The Morgan fingerprint density at radius 2 is 1.66 bits per heavy atom. The first-order chi connectivity index (χ1) is 21.2. The molecular formula is C32H23FN4O6S. The number of carbonyl (C=O) groups excluding carboxylic acids is 4. The number of nitrogens with zero attached hydrogens (tertiary/aromatic N) is 2. The quantitative estimate of drug-likeness (QED) is 0.109. The Balaban J connectivity index is 1.31. The zero-order chi connectivity index (χ0) is 31.2. The Morgan fingerprint density at radius 1 is 0.932 bits per heavy atom. The van der Waals surface area contributed by atoms with E-state index in [1.54, 1.807) is 60.7 Å². The van der Waals surface area contributed by atoms with E-state index in [4.69, 9.17) is 0 Å². The van der Waals surface area contributed by atoms with Crippen molar-refractivity contribution < 1.29 is 28.5 Å². The Labute approximate surface area is 254 Å². The van der Waals surface area contributed by atoms with Gasteiger partial charge in [-0.25, -0.2) is 9.29 Å². The van der Waals surface area contributed by atoms with Gasteiger partial charge in [0.25, 0.3) is 17.5 Å². The number of amides is 4. The highest BCUT2D eigenvalue weighted by Gasteiger charge is 2.40. The zero-order valence-electron chi connectivity index (χ0n) is 22.8. The predicted molar refractivity (Wildman–Crippen MR) is 163 cm³/mol. The second-order valence-electron chi connectivity index (χ2n) is 9.57. The average molecular weight is 611 g/mol. The molecule has 0 radical (unpaired) electrons. The first-order valence-electron chi connectivity index (χ1n) is 13.2. The van der Waals surface area contributed by atoms with E-state index in [-0.39, 0.29) is 23.5 Å². The number of halogens is 1. The maximum atomic E-state index is 13.8. The van der Waals surface area contributed by atoms with E-state index in [2.05, 4.69) is 10.6 Å². The molecule has 220 valence electrons. The first-order valence-corrected chi connectivity index (χ1v) is 14.1. The fraction of sp³-hybridized carbons (Fsp3) is 0.0625. The van der Waals surface area contributed by atoms with Gasteiger partial charge in [-0.3, -0.25) is 29.3 Å². The molecule has 1 fully saturated rings. The third-order valence-corrected chi connectivity index (χ3v) is 7.66. The van der Waals surface area contributed by atoms with E-state index in [1.807, 2.05) is 0 Å². The summed E-state index contributed by atoms with van der Waals surface area (Å²) < 4.78 is 13.8. The highest BCUT2D eigenvalue weighted by molar-refractivity contribution is 8.00. The summed E-state index contributed by atoms with van der Waals surface area (Å²) in [5.41, 5.74) is 0.981. The monoisotopic (exact) mass is 610 g/mol. The van der Waals surface area contributed by atoms with Crippen LogP contribution in [0.4, 0.5) is 21.5 Å². The number of anilines is 2. The molecule has 10 nitrogen and oxygen atoms in total. The minimum absolute atomic E-state index is 0.0802. The number of rotatable bonds is 9. The van der Waals surface area contributed by atoms with Crippen LogP contribution in [0.5, 0.6) is 0 Å². The molecule has 1 atom stereocenters. The van der Waals surface area contributed by atoms with Gasteiger partial charge in [0.1, 0.15) is 11.5 Å². The Kier molecular flexibility index (Phi) is 8.91. The van der Waals surface area contributed by atoms with Gasteiger partial charge < -0.3 is 10.6 Å². The van der Waals surface area contributed by atoms with E-state index in [0.29, 0.717) is 21.7 Å². The lowest BCUT2D eigenvalue weighted by atomic mass is 10.1. The van der Waals surface area contributed by atoms with Crippen LogP contribution in [0.25, 0.3) is 6.08 Å². The van der Waals surface area contributed by atoms with E-state index in [9.17, 15) is 33.7 Å². The summed E-state index contributed by atoms with van der Waals surface area (Å²) in [7, 11) is 0. The number of non-ortho nitro benzene ring substituents is 1. The molecule has 0 saturated carbocycles. The van der Waals surface area contributed by atoms with Crippen molar-refractivity contribution in [1.82, 2.24) is 5.32 Å². The normalized spacial score (nSPS) is 14.8. The third-order valence-electron chi connectivity index (χ3n) is 6.48. The summed E-state index contributed by atoms with van der Waals surface area (Å²) in [6.45, 7) is 0. The zero-order valence-corrected chi connectivity index (χ0v) is 23.6. The second-order valence-corrected chi connectivity index (χ2v) is 10.8. The number of nitrogens with one attached hydrogen (secondary N) is 2. The highest BCUT2D eigenvalue weighted by Crippen LogP contribution is 2.35. The number of hydrogen-bond donors (Lipinski definition) is 2. The summed E-state index contributed by atoms with van der Waals surface area (Å²) in [5, 5.41) is 15.5. The van der Waals surface area contributed by atoms with Gasteiger partial charge in [0.05, 0.1) is 15.9 Å². The van der Waals surface area contributed by atoms with Crippen molar-refractivity contribution in [3.05, 3.63) is 136 Å². The number of nitro benzene ring substituents is 1. The molecule has 5 rings (SSSR count). The third kappa shape index (κ3) is 7.05. The van der Waals surface area contributed by atoms with Gasteiger partial charge >= 0.3 is 0 Å². The number of hydrogen-bond acceptors (Lipinski definition) is 7. The van der Waals surface area contributed by atoms with Gasteiger partial charge in [-0.1, -0.05) is 36.4 Å². The van der Waals surface area contributed by atoms with Gasteiger partial charge in [-0.15, -0.1) is 11.8 Å². The van der Waals surface area contributed by atoms with Crippen LogP contribution < -0.4 is 15.5 Å². The molecule has 4 aromatic carbocycles. The van der Waals surface area contributed by atoms with Gasteiger partial charge in [-0.2, -0.15) is 0 Å². The van der Waals surface area contributed by atoms with Crippen LogP contribution in [0.2, 0.25) is 0 Å². The number of thioether (sulfide) groups is 1. The molecule has 12 heteroatoms. The molecule has 1 aliphatic rings. The van der Waals surface area contributed by atoms with Crippen LogP contribution >= 0.6 is 11.8 Å². The summed E-state index contributed by atoms with van der Waals surface area (Å²) in [6.07, 6.45) is 1.27. The van der Waals surface area contributed by atoms with Gasteiger partial charge in [0.2, 0.25) is 11.8 Å². The van der Waals surface area contributed by atoms with Crippen LogP contribution in [0.1, 0.15) is 22.3 Å². The molecule has 0 aromatic heterocycles. The van der Waals surface area contributed by atoms with Crippen molar-refractivity contribution >= 4 is 58.5 Å². The SMILES string of the molecule is O=C(Nc1cccc(S[C@H]2CC(=O)N(c3ccc([N+](=O)[O-])cc3)C2=O)c1)/C(=C\c1cccc(F)c1)NC(=O)c1ccccc1. The molecule has 1 aliphatic heterocycles. The molecule has 1 heterocycles. The van der Waals surface area contributed by atoms with Gasteiger partial charge in [0, 0.05) is 34.7 Å². The summed E-state index contributed by atoms with van der Waals surface area (Å²) in [6, 6.07) is 25.6. The predicted octanol–water partition coefficient (Wildman–Crippen LogP) is 5.57. The average Bonchev–Trinajstić information content (AvgIpc) is 3.29. The minimum atomic E-state index is -0.753. The van der Waals surface area contributed by atoms with Crippen molar-refractivity contribution in [3.63, 3.8) is 0 Å². The maximum absolute atomic E-state index is 13.8. The van der Waals surface area contributed by atoms with Crippen LogP contribution in [0.3, 0.4) is 0 Å². The van der Waals surface area contributed by atoms with Crippen molar-refractivity contribution in [2.45, 2.75) is 16.6 Å². The summed E-state index contributed by atoms with van der Waals surface area (Å²) in [5.74, 6) is -2.61. The van der Waals surface area contributed by atoms with Gasteiger partial charge in [0.15, 0.2) is 0 Å². The molecular weight excluding hydrogens is 587 g/mol. The maximum Gasteiger partial charge on any atom is 0.272 e. The topological polar surface area (TPSA) is 139 Å². The summed E-state index contributed by atoms with van der Waals surface area (Å²) in [4.78, 5) is 64.0. The van der Waals surface area contributed by atoms with Crippen LogP contribution in [0, 0.1) is 15.9 Å². The lowest BCUT2D eigenvalue weighted by Gasteiger charge is -2.15. The lowest BCUT2D eigenvalue weighted by Crippen LogP contribution is -2.31. The number of imide groups is 1. The minimum Gasteiger partial charge on any atom is -0.321 e. The summed E-state index contributed by atoms with van der Waals surface area (Å²) >= 11 is 1.13. The largest absolute Gasteiger partial charge is 0.321 e. The molecule has 4 aromatic rings. The number of benzene rings is 4. The molecule has 2 N–H and O–H groups in total. The van der Waals surface area contributed by atoms with Gasteiger partial charge in [-0.05, 0) is 66.2 Å².